The van der Waals surface area contributed by atoms with Gasteiger partial charge in [-0.05, 0) is 31.5 Å². The van der Waals surface area contributed by atoms with Crippen molar-refractivity contribution >= 4 is 10.0 Å². The third kappa shape index (κ3) is 3.55. The summed E-state index contributed by atoms with van der Waals surface area (Å²) in [6.45, 7) is 4.39. The second kappa shape index (κ2) is 6.60. The van der Waals surface area contributed by atoms with E-state index in [0.29, 0.717) is 6.61 Å². The predicted molar refractivity (Wildman–Crippen MR) is 83.9 cm³/mol. The minimum Gasteiger partial charge on any atom is -0.380 e. The van der Waals surface area contributed by atoms with Gasteiger partial charge in [-0.25, -0.2) is 13.1 Å². The summed E-state index contributed by atoms with van der Waals surface area (Å²) in [4.78, 5) is 0.237. The highest BCUT2D eigenvalue weighted by molar-refractivity contribution is 7.89. The van der Waals surface area contributed by atoms with E-state index in [-0.39, 0.29) is 11.4 Å². The number of nitrogens with zero attached hydrogens (tertiary/aromatic N) is 2. The quantitative estimate of drug-likeness (QED) is 0.877. The lowest BCUT2D eigenvalue weighted by molar-refractivity contribution is 0.184. The van der Waals surface area contributed by atoms with Crippen LogP contribution >= 0.6 is 0 Å². The number of rotatable bonds is 6. The Balaban J connectivity index is 2.19. The number of benzene rings is 1. The molecular weight excluding hydrogens is 302 g/mol. The molecule has 2 aromatic rings. The SMILES string of the molecule is COCc1cccc(S(=O)(=O)NCc2c(C)nn(C)c2C)c1. The summed E-state index contributed by atoms with van der Waals surface area (Å²) >= 11 is 0. The molecule has 0 saturated heterocycles. The van der Waals surface area contributed by atoms with Gasteiger partial charge < -0.3 is 4.74 Å². The molecular formula is C15H21N3O3S. The third-order valence-electron chi connectivity index (χ3n) is 3.62. The van der Waals surface area contributed by atoms with Crippen LogP contribution in [-0.4, -0.2) is 25.3 Å². The lowest BCUT2D eigenvalue weighted by Gasteiger charge is -2.09. The van der Waals surface area contributed by atoms with Gasteiger partial charge in [-0.3, -0.25) is 4.68 Å². The molecule has 22 heavy (non-hydrogen) atoms. The van der Waals surface area contributed by atoms with Gasteiger partial charge in [0.05, 0.1) is 17.2 Å². The van der Waals surface area contributed by atoms with Crippen molar-refractivity contribution in [2.24, 2.45) is 7.05 Å². The molecule has 0 unspecified atom stereocenters. The number of hydrogen-bond donors (Lipinski definition) is 1. The van der Waals surface area contributed by atoms with Crippen molar-refractivity contribution in [2.45, 2.75) is 31.9 Å². The summed E-state index contributed by atoms with van der Waals surface area (Å²) in [7, 11) is -0.148. The van der Waals surface area contributed by atoms with Gasteiger partial charge in [0.2, 0.25) is 10.0 Å². The van der Waals surface area contributed by atoms with Crippen LogP contribution in [0.1, 0.15) is 22.5 Å². The average Bonchev–Trinajstić information content (AvgIpc) is 2.71. The van der Waals surface area contributed by atoms with E-state index in [4.69, 9.17) is 4.74 Å². The summed E-state index contributed by atoms with van der Waals surface area (Å²) in [5.74, 6) is 0. The lowest BCUT2D eigenvalue weighted by atomic mass is 10.2. The number of aryl methyl sites for hydroxylation is 2. The molecule has 1 aromatic heterocycles. The number of ether oxygens (including phenoxy) is 1. The summed E-state index contributed by atoms with van der Waals surface area (Å²) in [5.41, 5.74) is 3.50. The van der Waals surface area contributed by atoms with Crippen LogP contribution in [0.15, 0.2) is 29.2 Å². The summed E-state index contributed by atoms with van der Waals surface area (Å²) in [6, 6.07) is 6.74. The number of hydrogen-bond acceptors (Lipinski definition) is 4. The largest absolute Gasteiger partial charge is 0.380 e. The van der Waals surface area contributed by atoms with Crippen molar-refractivity contribution in [1.82, 2.24) is 14.5 Å². The zero-order chi connectivity index (χ0) is 16.3. The highest BCUT2D eigenvalue weighted by atomic mass is 32.2. The Bertz CT molecular complexity index is 766. The molecule has 120 valence electrons. The highest BCUT2D eigenvalue weighted by Crippen LogP contribution is 2.15. The van der Waals surface area contributed by atoms with Crippen LogP contribution in [0.25, 0.3) is 0 Å². The van der Waals surface area contributed by atoms with Gasteiger partial charge in [0.15, 0.2) is 0 Å². The molecule has 2 rings (SSSR count). The van der Waals surface area contributed by atoms with E-state index < -0.39 is 10.0 Å². The Morgan fingerprint density at radius 1 is 1.32 bits per heavy atom. The van der Waals surface area contributed by atoms with Crippen LogP contribution in [0, 0.1) is 13.8 Å². The third-order valence-corrected chi connectivity index (χ3v) is 5.02. The Morgan fingerprint density at radius 2 is 2.05 bits per heavy atom. The van der Waals surface area contributed by atoms with E-state index in [1.807, 2.05) is 27.0 Å². The van der Waals surface area contributed by atoms with E-state index >= 15 is 0 Å². The number of methoxy groups -OCH3 is 1. The standard InChI is InChI=1S/C15H21N3O3S/c1-11-15(12(2)18(3)17-11)9-16-22(19,20)14-7-5-6-13(8-14)10-21-4/h5-8,16H,9-10H2,1-4H3. The van der Waals surface area contributed by atoms with Crippen molar-refractivity contribution in [2.75, 3.05) is 7.11 Å². The minimum absolute atomic E-state index is 0.225. The Labute approximate surface area is 131 Å². The first-order chi connectivity index (χ1) is 10.3. The summed E-state index contributed by atoms with van der Waals surface area (Å²) in [5, 5.41) is 4.29. The van der Waals surface area contributed by atoms with Gasteiger partial charge in [-0.1, -0.05) is 12.1 Å². The summed E-state index contributed by atoms with van der Waals surface area (Å²) in [6.07, 6.45) is 0. The monoisotopic (exact) mass is 323 g/mol. The molecule has 0 saturated carbocycles. The van der Waals surface area contributed by atoms with Crippen LogP contribution in [-0.2, 0) is 35.0 Å². The minimum atomic E-state index is -3.57. The molecule has 1 heterocycles. The lowest BCUT2D eigenvalue weighted by Crippen LogP contribution is -2.24. The maximum Gasteiger partial charge on any atom is 0.240 e. The predicted octanol–water partition coefficient (Wildman–Crippen LogP) is 1.66. The van der Waals surface area contributed by atoms with Gasteiger partial charge in [0.25, 0.3) is 0 Å². The first-order valence-electron chi connectivity index (χ1n) is 6.91. The molecule has 0 radical (unpaired) electrons. The van der Waals surface area contributed by atoms with Gasteiger partial charge in [0, 0.05) is 32.0 Å². The number of aromatic nitrogens is 2. The number of sulfonamides is 1. The van der Waals surface area contributed by atoms with Gasteiger partial charge in [0.1, 0.15) is 0 Å². The molecule has 0 bridgehead atoms. The fourth-order valence-corrected chi connectivity index (χ4v) is 3.36. The molecule has 0 fully saturated rings. The number of nitrogens with one attached hydrogen (secondary N) is 1. The molecule has 0 amide bonds. The maximum atomic E-state index is 12.4. The molecule has 6 nitrogen and oxygen atoms in total. The van der Waals surface area contributed by atoms with Gasteiger partial charge >= 0.3 is 0 Å². The Kier molecular flexibility index (Phi) is 5.00. The van der Waals surface area contributed by atoms with E-state index in [2.05, 4.69) is 9.82 Å². The molecule has 0 aliphatic rings. The first kappa shape index (κ1) is 16.7. The second-order valence-corrected chi connectivity index (χ2v) is 6.94. The van der Waals surface area contributed by atoms with Crippen molar-refractivity contribution in [3.8, 4) is 0 Å². The fourth-order valence-electron chi connectivity index (χ4n) is 2.29. The van der Waals surface area contributed by atoms with Gasteiger partial charge in [-0.15, -0.1) is 0 Å². The zero-order valence-electron chi connectivity index (χ0n) is 13.3. The van der Waals surface area contributed by atoms with Crippen LogP contribution in [0.4, 0.5) is 0 Å². The molecule has 0 spiro atoms. The van der Waals surface area contributed by atoms with Crippen LogP contribution in [0.5, 0.6) is 0 Å². The van der Waals surface area contributed by atoms with E-state index in [1.54, 1.807) is 30.0 Å². The molecule has 0 aliphatic heterocycles. The van der Waals surface area contributed by atoms with Crippen LogP contribution in [0.3, 0.4) is 0 Å². The smallest absolute Gasteiger partial charge is 0.240 e. The maximum absolute atomic E-state index is 12.4. The van der Waals surface area contributed by atoms with Crippen molar-refractivity contribution < 1.29 is 13.2 Å². The topological polar surface area (TPSA) is 73.2 Å². The van der Waals surface area contributed by atoms with Crippen LogP contribution in [0.2, 0.25) is 0 Å². The summed E-state index contributed by atoms with van der Waals surface area (Å²) < 4.78 is 34.2. The fraction of sp³-hybridized carbons (Fsp3) is 0.400. The van der Waals surface area contributed by atoms with Crippen molar-refractivity contribution in [1.29, 1.82) is 0 Å². The van der Waals surface area contributed by atoms with Gasteiger partial charge in [-0.2, -0.15) is 5.10 Å². The second-order valence-electron chi connectivity index (χ2n) is 5.18. The molecule has 1 aromatic carbocycles. The zero-order valence-corrected chi connectivity index (χ0v) is 14.1. The normalized spacial score (nSPS) is 11.8. The Hall–Kier alpha value is -1.70. The average molecular weight is 323 g/mol. The molecule has 7 heteroatoms. The van der Waals surface area contributed by atoms with Crippen LogP contribution < -0.4 is 4.72 Å². The molecule has 1 N–H and O–H groups in total. The van der Waals surface area contributed by atoms with E-state index in [1.165, 1.54) is 0 Å². The first-order valence-corrected chi connectivity index (χ1v) is 8.40. The Morgan fingerprint density at radius 3 is 2.64 bits per heavy atom. The van der Waals surface area contributed by atoms with E-state index in [0.717, 1.165) is 22.5 Å². The van der Waals surface area contributed by atoms with Crippen molar-refractivity contribution in [3.63, 3.8) is 0 Å². The van der Waals surface area contributed by atoms with E-state index in [9.17, 15) is 8.42 Å². The van der Waals surface area contributed by atoms with Crippen molar-refractivity contribution in [3.05, 3.63) is 46.8 Å². The molecule has 0 aliphatic carbocycles. The molecule has 0 atom stereocenters. The highest BCUT2D eigenvalue weighted by Gasteiger charge is 2.17.